The Morgan fingerprint density at radius 1 is 1.57 bits per heavy atom. The van der Waals surface area contributed by atoms with E-state index in [1.807, 2.05) is 6.07 Å². The van der Waals surface area contributed by atoms with Crippen LogP contribution in [-0.2, 0) is 4.74 Å². The van der Waals surface area contributed by atoms with Crippen molar-refractivity contribution in [3.05, 3.63) is 34.6 Å². The zero-order valence-electron chi connectivity index (χ0n) is 7.80. The van der Waals surface area contributed by atoms with Gasteiger partial charge in [0.2, 0.25) is 0 Å². The first kappa shape index (κ1) is 10.2. The van der Waals surface area contributed by atoms with Gasteiger partial charge < -0.3 is 4.74 Å². The van der Waals surface area contributed by atoms with Crippen molar-refractivity contribution in [3.63, 3.8) is 0 Å². The van der Waals surface area contributed by atoms with Gasteiger partial charge in [0.15, 0.2) is 0 Å². The molecule has 0 saturated carbocycles. The monoisotopic (exact) mass is 193 g/mol. The number of nitriles is 1. The minimum atomic E-state index is -0.696. The van der Waals surface area contributed by atoms with Gasteiger partial charge >= 0.3 is 5.97 Å². The van der Waals surface area contributed by atoms with Crippen LogP contribution in [0.25, 0.3) is 0 Å². The molecule has 1 rings (SSSR count). The number of ether oxygens (including phenoxy) is 1. The summed E-state index contributed by atoms with van der Waals surface area (Å²) in [7, 11) is 1.19. The van der Waals surface area contributed by atoms with Crippen LogP contribution in [0.4, 0.5) is 4.39 Å². The Balaban J connectivity index is 3.45. The van der Waals surface area contributed by atoms with Crippen LogP contribution in [0.15, 0.2) is 12.1 Å². The van der Waals surface area contributed by atoms with Crippen LogP contribution in [0.3, 0.4) is 0 Å². The average Bonchev–Trinajstić information content (AvgIpc) is 2.20. The molecule has 0 fully saturated rings. The van der Waals surface area contributed by atoms with E-state index in [1.54, 1.807) is 0 Å². The lowest BCUT2D eigenvalue weighted by atomic mass is 10.0. The number of hydrogen-bond acceptors (Lipinski definition) is 3. The third-order valence-electron chi connectivity index (χ3n) is 1.91. The summed E-state index contributed by atoms with van der Waals surface area (Å²) in [5, 5.41) is 8.70. The Bertz CT molecular complexity index is 421. The summed E-state index contributed by atoms with van der Waals surface area (Å²) in [6.45, 7) is 1.43. The molecule has 0 unspecified atom stereocenters. The number of carbonyl (C=O) groups is 1. The average molecular weight is 193 g/mol. The first-order chi connectivity index (χ1) is 6.61. The molecule has 3 nitrogen and oxygen atoms in total. The molecule has 0 aliphatic carbocycles. The molecule has 0 spiro atoms. The first-order valence-electron chi connectivity index (χ1n) is 3.89. The number of benzene rings is 1. The molecule has 0 bridgehead atoms. The molecule has 0 heterocycles. The van der Waals surface area contributed by atoms with Crippen LogP contribution < -0.4 is 0 Å². The lowest BCUT2D eigenvalue weighted by molar-refractivity contribution is 0.0599. The minimum Gasteiger partial charge on any atom is -0.465 e. The van der Waals surface area contributed by atoms with Crippen LogP contribution in [0.2, 0.25) is 0 Å². The number of halogens is 1. The Hall–Kier alpha value is -1.89. The zero-order valence-corrected chi connectivity index (χ0v) is 7.80. The van der Waals surface area contributed by atoms with Crippen molar-refractivity contribution in [1.82, 2.24) is 0 Å². The topological polar surface area (TPSA) is 50.1 Å². The Morgan fingerprint density at radius 3 is 2.71 bits per heavy atom. The molecule has 0 N–H and O–H groups in total. The maximum atomic E-state index is 13.1. The highest BCUT2D eigenvalue weighted by Gasteiger charge is 2.17. The first-order valence-corrected chi connectivity index (χ1v) is 3.89. The number of hydrogen-bond donors (Lipinski definition) is 0. The lowest BCUT2D eigenvalue weighted by Crippen LogP contribution is -2.08. The quantitative estimate of drug-likeness (QED) is 0.639. The van der Waals surface area contributed by atoms with E-state index in [4.69, 9.17) is 5.26 Å². The molecule has 72 valence electrons. The summed E-state index contributed by atoms with van der Waals surface area (Å²) < 4.78 is 17.5. The summed E-state index contributed by atoms with van der Waals surface area (Å²) in [6, 6.07) is 4.22. The maximum Gasteiger partial charge on any atom is 0.339 e. The van der Waals surface area contributed by atoms with Crippen molar-refractivity contribution in [3.8, 4) is 6.07 Å². The van der Waals surface area contributed by atoms with Gasteiger partial charge in [-0.3, -0.25) is 0 Å². The summed E-state index contributed by atoms with van der Waals surface area (Å²) in [5.41, 5.74) is 0.252. The van der Waals surface area contributed by atoms with Crippen molar-refractivity contribution < 1.29 is 13.9 Å². The fourth-order valence-electron chi connectivity index (χ4n) is 1.14. The summed E-state index contributed by atoms with van der Waals surface area (Å²) in [6.07, 6.45) is 0. The number of nitrogens with zero attached hydrogens (tertiary/aromatic N) is 1. The third kappa shape index (κ3) is 1.57. The summed E-state index contributed by atoms with van der Waals surface area (Å²) in [5.74, 6) is -1.22. The predicted molar refractivity (Wildman–Crippen MR) is 47.2 cm³/mol. The van der Waals surface area contributed by atoms with E-state index >= 15 is 0 Å². The zero-order chi connectivity index (χ0) is 10.7. The lowest BCUT2D eigenvalue weighted by Gasteiger charge is -2.05. The normalized spacial score (nSPS) is 9.29. The van der Waals surface area contributed by atoms with Crippen LogP contribution >= 0.6 is 0 Å². The van der Waals surface area contributed by atoms with Crippen molar-refractivity contribution in [2.75, 3.05) is 7.11 Å². The SMILES string of the molecule is COC(=O)c1c(C#N)ccc(F)c1C. The molecule has 0 radical (unpaired) electrons. The van der Waals surface area contributed by atoms with Crippen molar-refractivity contribution in [2.24, 2.45) is 0 Å². The van der Waals surface area contributed by atoms with Crippen molar-refractivity contribution in [1.29, 1.82) is 5.26 Å². The van der Waals surface area contributed by atoms with E-state index in [0.29, 0.717) is 0 Å². The van der Waals surface area contributed by atoms with Gasteiger partial charge in [-0.05, 0) is 19.1 Å². The second kappa shape index (κ2) is 3.88. The molecular weight excluding hydrogens is 185 g/mol. The second-order valence-corrected chi connectivity index (χ2v) is 2.70. The van der Waals surface area contributed by atoms with E-state index < -0.39 is 11.8 Å². The highest BCUT2D eigenvalue weighted by Crippen LogP contribution is 2.17. The van der Waals surface area contributed by atoms with Crippen LogP contribution in [0.1, 0.15) is 21.5 Å². The van der Waals surface area contributed by atoms with Crippen LogP contribution in [0, 0.1) is 24.1 Å². The largest absolute Gasteiger partial charge is 0.465 e. The van der Waals surface area contributed by atoms with E-state index in [0.717, 1.165) is 6.07 Å². The molecule has 0 aliphatic rings. The van der Waals surface area contributed by atoms with Gasteiger partial charge in [0.25, 0.3) is 0 Å². The minimum absolute atomic E-state index is 0.00463. The van der Waals surface area contributed by atoms with Gasteiger partial charge in [0.1, 0.15) is 11.9 Å². The van der Waals surface area contributed by atoms with Gasteiger partial charge in [-0.1, -0.05) is 0 Å². The highest BCUT2D eigenvalue weighted by atomic mass is 19.1. The van der Waals surface area contributed by atoms with Gasteiger partial charge in [-0.2, -0.15) is 5.26 Å². The van der Waals surface area contributed by atoms with Crippen molar-refractivity contribution in [2.45, 2.75) is 6.92 Å². The van der Waals surface area contributed by atoms with Gasteiger partial charge in [-0.25, -0.2) is 9.18 Å². The molecule has 4 heteroatoms. The molecule has 1 aromatic carbocycles. The van der Waals surface area contributed by atoms with Gasteiger partial charge in [0, 0.05) is 5.56 Å². The molecule has 1 aromatic rings. The fourth-order valence-corrected chi connectivity index (χ4v) is 1.14. The van der Waals surface area contributed by atoms with Crippen LogP contribution in [0.5, 0.6) is 0 Å². The van der Waals surface area contributed by atoms with E-state index in [9.17, 15) is 9.18 Å². The Kier molecular flexibility index (Phi) is 2.82. The number of methoxy groups -OCH3 is 1. The molecule has 0 aliphatic heterocycles. The predicted octanol–water partition coefficient (Wildman–Crippen LogP) is 1.79. The second-order valence-electron chi connectivity index (χ2n) is 2.70. The van der Waals surface area contributed by atoms with Gasteiger partial charge in [-0.15, -0.1) is 0 Å². The third-order valence-corrected chi connectivity index (χ3v) is 1.91. The molecule has 0 atom stereocenters. The molecule has 0 aromatic heterocycles. The number of carbonyl (C=O) groups excluding carboxylic acids is 1. The van der Waals surface area contributed by atoms with E-state index in [1.165, 1.54) is 20.1 Å². The Morgan fingerprint density at radius 2 is 2.21 bits per heavy atom. The Labute approximate surface area is 80.7 Å². The number of rotatable bonds is 1. The van der Waals surface area contributed by atoms with Gasteiger partial charge in [0.05, 0.1) is 18.2 Å². The smallest absolute Gasteiger partial charge is 0.339 e. The standard InChI is InChI=1S/C10H8FNO2/c1-6-8(11)4-3-7(5-12)9(6)10(13)14-2/h3-4H,1-2H3. The molecule has 14 heavy (non-hydrogen) atoms. The maximum absolute atomic E-state index is 13.1. The summed E-state index contributed by atoms with van der Waals surface area (Å²) in [4.78, 5) is 11.2. The van der Waals surface area contributed by atoms with Crippen molar-refractivity contribution >= 4 is 5.97 Å². The number of esters is 1. The van der Waals surface area contributed by atoms with E-state index in [-0.39, 0.29) is 16.7 Å². The van der Waals surface area contributed by atoms with Crippen LogP contribution in [-0.4, -0.2) is 13.1 Å². The highest BCUT2D eigenvalue weighted by molar-refractivity contribution is 5.93. The van der Waals surface area contributed by atoms with E-state index in [2.05, 4.69) is 4.74 Å². The fraction of sp³-hybridized carbons (Fsp3) is 0.200. The molecule has 0 amide bonds. The summed E-state index contributed by atoms with van der Waals surface area (Å²) >= 11 is 0. The molecular formula is C10H8FNO2. The molecule has 0 saturated heterocycles.